The minimum atomic E-state index is -3.92. The molecule has 0 aromatic heterocycles. The van der Waals surface area contributed by atoms with Crippen molar-refractivity contribution in [2.24, 2.45) is 0 Å². The zero-order chi connectivity index (χ0) is 24.1. The van der Waals surface area contributed by atoms with E-state index in [2.05, 4.69) is 5.32 Å². The molecule has 0 saturated heterocycles. The number of nitrogens with one attached hydrogen (secondary N) is 1. The van der Waals surface area contributed by atoms with E-state index in [0.717, 1.165) is 22.7 Å². The SMILES string of the molecule is CCNC(=O)C(C)N(Cc1ccc(Cl)cc1)C(=O)CN(c1ccc(F)c(Cl)c1)S(C)(=O)=O. The number of hydrogen-bond acceptors (Lipinski definition) is 4. The molecular formula is C21H24Cl2FN3O4S. The van der Waals surface area contributed by atoms with Crippen molar-refractivity contribution in [2.75, 3.05) is 23.7 Å². The van der Waals surface area contributed by atoms with Crippen molar-refractivity contribution in [3.05, 3.63) is 63.9 Å². The maximum atomic E-state index is 13.6. The molecule has 2 aromatic carbocycles. The third-order valence-corrected chi connectivity index (χ3v) is 6.34. The Hall–Kier alpha value is -2.36. The summed E-state index contributed by atoms with van der Waals surface area (Å²) < 4.78 is 39.2. The fourth-order valence-corrected chi connectivity index (χ4v) is 4.09. The monoisotopic (exact) mass is 503 g/mol. The molecule has 2 rings (SSSR count). The van der Waals surface area contributed by atoms with Gasteiger partial charge in [0.2, 0.25) is 21.8 Å². The van der Waals surface area contributed by atoms with Gasteiger partial charge in [-0.25, -0.2) is 12.8 Å². The molecule has 0 saturated carbocycles. The Balaban J connectivity index is 2.39. The van der Waals surface area contributed by atoms with Gasteiger partial charge >= 0.3 is 0 Å². The quantitative estimate of drug-likeness (QED) is 0.567. The minimum Gasteiger partial charge on any atom is -0.355 e. The summed E-state index contributed by atoms with van der Waals surface area (Å²) in [4.78, 5) is 27.0. The van der Waals surface area contributed by atoms with Crippen molar-refractivity contribution < 1.29 is 22.4 Å². The fraction of sp³-hybridized carbons (Fsp3) is 0.333. The third-order valence-electron chi connectivity index (χ3n) is 4.65. The molecule has 0 aliphatic heterocycles. The molecule has 0 bridgehead atoms. The maximum Gasteiger partial charge on any atom is 0.244 e. The fourth-order valence-electron chi connectivity index (χ4n) is 2.94. The number of anilines is 1. The average Bonchev–Trinajstić information content (AvgIpc) is 2.72. The number of benzene rings is 2. The van der Waals surface area contributed by atoms with Gasteiger partial charge in [0.15, 0.2) is 0 Å². The van der Waals surface area contributed by atoms with E-state index in [0.29, 0.717) is 17.1 Å². The topological polar surface area (TPSA) is 86.8 Å². The van der Waals surface area contributed by atoms with Crippen LogP contribution in [0, 0.1) is 5.82 Å². The van der Waals surface area contributed by atoms with Crippen LogP contribution in [0.3, 0.4) is 0 Å². The number of sulfonamides is 1. The first-order valence-corrected chi connectivity index (χ1v) is 12.3. The summed E-state index contributed by atoms with van der Waals surface area (Å²) in [5.74, 6) is -1.72. The van der Waals surface area contributed by atoms with Crippen molar-refractivity contribution in [1.82, 2.24) is 10.2 Å². The molecule has 0 aliphatic carbocycles. The zero-order valence-corrected chi connectivity index (χ0v) is 20.1. The normalized spacial score (nSPS) is 12.2. The van der Waals surface area contributed by atoms with E-state index in [1.165, 1.54) is 11.0 Å². The summed E-state index contributed by atoms with van der Waals surface area (Å²) in [6, 6.07) is 9.20. The van der Waals surface area contributed by atoms with Crippen molar-refractivity contribution in [2.45, 2.75) is 26.4 Å². The van der Waals surface area contributed by atoms with Gasteiger partial charge in [0.05, 0.1) is 17.0 Å². The molecule has 174 valence electrons. The van der Waals surface area contributed by atoms with E-state index in [4.69, 9.17) is 23.2 Å². The van der Waals surface area contributed by atoms with Crippen molar-refractivity contribution in [3.63, 3.8) is 0 Å². The lowest BCUT2D eigenvalue weighted by molar-refractivity contribution is -0.139. The Labute approximate surface area is 197 Å². The first kappa shape index (κ1) is 25.9. The second-order valence-corrected chi connectivity index (χ2v) is 9.84. The molecule has 0 spiro atoms. The van der Waals surface area contributed by atoms with Crippen LogP contribution in [0.2, 0.25) is 10.0 Å². The predicted molar refractivity (Wildman–Crippen MR) is 124 cm³/mol. The summed E-state index contributed by atoms with van der Waals surface area (Å²) in [6.45, 7) is 3.13. The second kappa shape index (κ2) is 11.0. The van der Waals surface area contributed by atoms with Crippen LogP contribution in [0.15, 0.2) is 42.5 Å². The minimum absolute atomic E-state index is 0.0318. The number of amides is 2. The molecule has 0 aliphatic rings. The van der Waals surface area contributed by atoms with Gasteiger partial charge in [-0.15, -0.1) is 0 Å². The van der Waals surface area contributed by atoms with Crippen LogP contribution >= 0.6 is 23.2 Å². The summed E-state index contributed by atoms with van der Waals surface area (Å²) in [5.41, 5.74) is 0.735. The Bertz CT molecular complexity index is 1080. The highest BCUT2D eigenvalue weighted by atomic mass is 35.5. The molecule has 2 amide bonds. The van der Waals surface area contributed by atoms with Gasteiger partial charge in [-0.1, -0.05) is 35.3 Å². The van der Waals surface area contributed by atoms with Gasteiger partial charge in [0.1, 0.15) is 18.4 Å². The number of hydrogen-bond donors (Lipinski definition) is 1. The highest BCUT2D eigenvalue weighted by Gasteiger charge is 2.30. The smallest absolute Gasteiger partial charge is 0.244 e. The van der Waals surface area contributed by atoms with Crippen LogP contribution in [0.4, 0.5) is 10.1 Å². The van der Waals surface area contributed by atoms with Gasteiger partial charge < -0.3 is 10.2 Å². The molecule has 11 heteroatoms. The molecular weight excluding hydrogens is 480 g/mol. The molecule has 1 unspecified atom stereocenters. The standard InChI is InChI=1S/C21H24Cl2FN3O4S/c1-4-25-21(29)14(2)26(12-15-5-7-16(22)8-6-15)20(28)13-27(32(3,30)31)17-9-10-19(24)18(23)11-17/h5-11,14H,4,12-13H2,1-3H3,(H,25,29). The molecule has 0 radical (unpaired) electrons. The lowest BCUT2D eigenvalue weighted by atomic mass is 10.1. The second-order valence-electron chi connectivity index (χ2n) is 7.09. The van der Waals surface area contributed by atoms with Crippen LogP contribution in [0.5, 0.6) is 0 Å². The van der Waals surface area contributed by atoms with Crippen LogP contribution in [0.25, 0.3) is 0 Å². The Morgan fingerprint density at radius 3 is 2.28 bits per heavy atom. The first-order chi connectivity index (χ1) is 14.9. The Kier molecular flexibility index (Phi) is 8.89. The summed E-state index contributed by atoms with van der Waals surface area (Å²) in [6.07, 6.45) is 0.925. The van der Waals surface area contributed by atoms with Crippen molar-refractivity contribution in [1.29, 1.82) is 0 Å². The van der Waals surface area contributed by atoms with Gasteiger partial charge in [0.25, 0.3) is 0 Å². The molecule has 0 fully saturated rings. The van der Waals surface area contributed by atoms with Gasteiger partial charge in [-0.3, -0.25) is 13.9 Å². The van der Waals surface area contributed by atoms with E-state index in [-0.39, 0.29) is 23.2 Å². The number of nitrogens with zero attached hydrogens (tertiary/aromatic N) is 2. The van der Waals surface area contributed by atoms with Crippen LogP contribution in [0.1, 0.15) is 19.4 Å². The highest BCUT2D eigenvalue weighted by Crippen LogP contribution is 2.25. The molecule has 7 nitrogen and oxygen atoms in total. The summed E-state index contributed by atoms with van der Waals surface area (Å²) in [7, 11) is -3.92. The van der Waals surface area contributed by atoms with E-state index in [9.17, 15) is 22.4 Å². The summed E-state index contributed by atoms with van der Waals surface area (Å²) in [5, 5.41) is 2.89. The number of likely N-dealkylation sites (N-methyl/N-ethyl adjacent to an activating group) is 1. The van der Waals surface area contributed by atoms with Gasteiger partial charge in [-0.05, 0) is 49.7 Å². The third kappa shape index (κ3) is 6.82. The summed E-state index contributed by atoms with van der Waals surface area (Å²) >= 11 is 11.7. The largest absolute Gasteiger partial charge is 0.355 e. The van der Waals surface area contributed by atoms with Crippen LogP contribution < -0.4 is 9.62 Å². The Morgan fingerprint density at radius 1 is 1.12 bits per heavy atom. The number of carbonyl (C=O) groups is 2. The predicted octanol–water partition coefficient (Wildman–Crippen LogP) is 3.45. The highest BCUT2D eigenvalue weighted by molar-refractivity contribution is 7.92. The van der Waals surface area contributed by atoms with Crippen molar-refractivity contribution in [3.8, 4) is 0 Å². The lowest BCUT2D eigenvalue weighted by Crippen LogP contribution is -2.51. The van der Waals surface area contributed by atoms with Gasteiger partial charge in [-0.2, -0.15) is 0 Å². The van der Waals surface area contributed by atoms with E-state index in [1.807, 2.05) is 0 Å². The maximum absolute atomic E-state index is 13.6. The van der Waals surface area contributed by atoms with E-state index >= 15 is 0 Å². The Morgan fingerprint density at radius 2 is 1.75 bits per heavy atom. The average molecular weight is 504 g/mol. The van der Waals surface area contributed by atoms with Crippen LogP contribution in [-0.2, 0) is 26.2 Å². The van der Waals surface area contributed by atoms with Crippen molar-refractivity contribution >= 4 is 50.7 Å². The van der Waals surface area contributed by atoms with Gasteiger partial charge in [0, 0.05) is 18.1 Å². The lowest BCUT2D eigenvalue weighted by Gasteiger charge is -2.31. The number of carbonyl (C=O) groups excluding carboxylic acids is 2. The zero-order valence-electron chi connectivity index (χ0n) is 17.8. The molecule has 2 aromatic rings. The molecule has 1 atom stereocenters. The first-order valence-electron chi connectivity index (χ1n) is 9.68. The number of halogens is 3. The number of rotatable bonds is 9. The van der Waals surface area contributed by atoms with E-state index < -0.39 is 34.3 Å². The van der Waals surface area contributed by atoms with Crippen LogP contribution in [-0.4, -0.2) is 50.5 Å². The molecule has 1 N–H and O–H groups in total. The van der Waals surface area contributed by atoms with E-state index in [1.54, 1.807) is 38.1 Å². The molecule has 0 heterocycles. The molecule has 32 heavy (non-hydrogen) atoms.